The Labute approximate surface area is 82.6 Å². The second-order valence-corrected chi connectivity index (χ2v) is 2.93. The normalized spacial score (nSPS) is 9.71. The summed E-state index contributed by atoms with van der Waals surface area (Å²) in [4.78, 5) is 4.15. The Balaban J connectivity index is 2.24. The van der Waals surface area contributed by atoms with E-state index in [1.54, 1.807) is 6.20 Å². The summed E-state index contributed by atoms with van der Waals surface area (Å²) in [5.74, 6) is 0.797. The zero-order valence-electron chi connectivity index (χ0n) is 7.64. The number of pyridine rings is 1. The molecule has 3 nitrogen and oxygen atoms in total. The Morgan fingerprint density at radius 2 is 1.79 bits per heavy atom. The van der Waals surface area contributed by atoms with Gasteiger partial charge in [0.1, 0.15) is 5.82 Å². The van der Waals surface area contributed by atoms with Gasteiger partial charge in [0.25, 0.3) is 0 Å². The van der Waals surface area contributed by atoms with E-state index >= 15 is 0 Å². The fourth-order valence-corrected chi connectivity index (χ4v) is 1.19. The lowest BCUT2D eigenvalue weighted by Gasteiger charge is -2.07. The lowest BCUT2D eigenvalue weighted by atomic mass is 10.3. The van der Waals surface area contributed by atoms with Gasteiger partial charge in [-0.2, -0.15) is 0 Å². The topological polar surface area (TPSA) is 50.9 Å². The molecular formula is C11H11N3. The molecule has 0 amide bonds. The van der Waals surface area contributed by atoms with Crippen molar-refractivity contribution in [3.63, 3.8) is 0 Å². The zero-order valence-corrected chi connectivity index (χ0v) is 7.64. The number of nitrogens with one attached hydrogen (secondary N) is 1. The second-order valence-electron chi connectivity index (χ2n) is 2.93. The number of para-hydroxylation sites is 2. The molecule has 0 aliphatic heterocycles. The van der Waals surface area contributed by atoms with Crippen LogP contribution < -0.4 is 11.1 Å². The van der Waals surface area contributed by atoms with Crippen LogP contribution in [0.1, 0.15) is 0 Å². The molecule has 1 aromatic carbocycles. The molecule has 70 valence electrons. The van der Waals surface area contributed by atoms with Gasteiger partial charge >= 0.3 is 0 Å². The Kier molecular flexibility index (Phi) is 2.32. The van der Waals surface area contributed by atoms with E-state index in [1.165, 1.54) is 0 Å². The molecular weight excluding hydrogens is 177 g/mol. The van der Waals surface area contributed by atoms with Crippen molar-refractivity contribution in [3.8, 4) is 0 Å². The van der Waals surface area contributed by atoms with Gasteiger partial charge in [-0.05, 0) is 24.3 Å². The van der Waals surface area contributed by atoms with Crippen molar-refractivity contribution in [1.29, 1.82) is 0 Å². The van der Waals surface area contributed by atoms with Gasteiger partial charge < -0.3 is 11.1 Å². The van der Waals surface area contributed by atoms with Gasteiger partial charge in [0, 0.05) is 6.20 Å². The lowest BCUT2D eigenvalue weighted by molar-refractivity contribution is 1.31. The monoisotopic (exact) mass is 188 g/mol. The van der Waals surface area contributed by atoms with Crippen molar-refractivity contribution in [2.75, 3.05) is 11.1 Å². The molecule has 3 N–H and O–H groups in total. The Hall–Kier alpha value is -2.03. The number of aromatic nitrogens is 1. The van der Waals surface area contributed by atoms with Gasteiger partial charge in [-0.15, -0.1) is 0 Å². The molecule has 2 aromatic rings. The van der Waals surface area contributed by atoms with Gasteiger partial charge in [-0.25, -0.2) is 4.98 Å². The van der Waals surface area contributed by atoms with Gasteiger partial charge in [0.05, 0.1) is 11.4 Å². The molecule has 3 heteroatoms. The SMILES string of the molecule is [15NH2]c1ccccc1[15NH]c1cccc[15n]1. The second kappa shape index (κ2) is 3.79. The third-order valence-electron chi connectivity index (χ3n) is 1.89. The molecule has 0 unspecified atom stereocenters. The van der Waals surface area contributed by atoms with E-state index in [9.17, 15) is 0 Å². The highest BCUT2D eigenvalue weighted by molar-refractivity contribution is 5.70. The molecule has 0 radical (unpaired) electrons. The maximum atomic E-state index is 5.78. The maximum Gasteiger partial charge on any atom is 0.130 e. The van der Waals surface area contributed by atoms with E-state index < -0.39 is 0 Å². The molecule has 0 saturated heterocycles. The first-order valence-corrected chi connectivity index (χ1v) is 4.39. The number of nitrogen functional groups attached to an aromatic ring is 1. The number of benzene rings is 1. The summed E-state index contributed by atoms with van der Waals surface area (Å²) in [6, 6.07) is 13.3. The van der Waals surface area contributed by atoms with E-state index in [0.29, 0.717) is 0 Å². The van der Waals surface area contributed by atoms with Crippen LogP contribution in [0, 0.1) is 0 Å². The molecule has 0 fully saturated rings. The fourth-order valence-electron chi connectivity index (χ4n) is 1.19. The summed E-state index contributed by atoms with van der Waals surface area (Å²) >= 11 is 0. The molecule has 1 heterocycles. The number of hydrogen-bond acceptors (Lipinski definition) is 3. The highest BCUT2D eigenvalue weighted by Crippen LogP contribution is 2.20. The number of nitrogens with zero attached hydrogens (tertiary/aromatic N) is 1. The van der Waals surface area contributed by atoms with Crippen LogP contribution in [0.2, 0.25) is 0 Å². The lowest BCUT2D eigenvalue weighted by Crippen LogP contribution is -1.96. The first kappa shape index (κ1) is 8.56. The first-order chi connectivity index (χ1) is 6.86. The van der Waals surface area contributed by atoms with E-state index in [0.717, 1.165) is 17.2 Å². The Bertz CT molecular complexity index is 412. The third-order valence-corrected chi connectivity index (χ3v) is 1.89. The average Bonchev–Trinajstić information content (AvgIpc) is 2.23. The minimum atomic E-state index is 0.721. The van der Waals surface area contributed by atoms with Crippen LogP contribution in [0.3, 0.4) is 0 Å². The predicted octanol–water partition coefficient (Wildman–Crippen LogP) is 2.41. The van der Waals surface area contributed by atoms with Crippen molar-refractivity contribution >= 4 is 17.2 Å². The smallest absolute Gasteiger partial charge is 0.130 e. The Morgan fingerprint density at radius 1 is 1.00 bits per heavy atom. The average molecular weight is 188 g/mol. The van der Waals surface area contributed by atoms with Crippen molar-refractivity contribution in [2.45, 2.75) is 0 Å². The van der Waals surface area contributed by atoms with Crippen LogP contribution in [0.15, 0.2) is 48.7 Å². The van der Waals surface area contributed by atoms with E-state index in [2.05, 4.69) is 10.3 Å². The van der Waals surface area contributed by atoms with Crippen molar-refractivity contribution in [1.82, 2.24) is 4.98 Å². The molecule has 0 saturated carbocycles. The zero-order chi connectivity index (χ0) is 9.80. The first-order valence-electron chi connectivity index (χ1n) is 4.39. The molecule has 0 bridgehead atoms. The quantitative estimate of drug-likeness (QED) is 0.562. The number of anilines is 3. The number of hydrogen-bond donors (Lipinski definition) is 2. The highest BCUT2D eigenvalue weighted by atomic mass is 15.7. The van der Waals surface area contributed by atoms with Crippen molar-refractivity contribution in [3.05, 3.63) is 48.7 Å². The van der Waals surface area contributed by atoms with Crippen LogP contribution in [-0.2, 0) is 0 Å². The summed E-state index contributed by atoms with van der Waals surface area (Å²) < 4.78 is 0. The van der Waals surface area contributed by atoms with Crippen LogP contribution in [0.5, 0.6) is 0 Å². The molecule has 0 atom stereocenters. The molecule has 2 rings (SSSR count). The summed E-state index contributed by atoms with van der Waals surface area (Å²) in [7, 11) is 0. The third kappa shape index (κ3) is 1.82. The minimum absolute atomic E-state index is 0.721. The van der Waals surface area contributed by atoms with Gasteiger partial charge in [0.15, 0.2) is 0 Å². The summed E-state index contributed by atoms with van der Waals surface area (Å²) in [6.45, 7) is 0. The van der Waals surface area contributed by atoms with Gasteiger partial charge in [0.2, 0.25) is 0 Å². The molecule has 0 spiro atoms. The van der Waals surface area contributed by atoms with Gasteiger partial charge in [-0.1, -0.05) is 18.2 Å². The molecule has 1 aromatic heterocycles. The molecule has 0 aliphatic carbocycles. The van der Waals surface area contributed by atoms with Crippen molar-refractivity contribution in [2.24, 2.45) is 0 Å². The molecule has 0 aliphatic rings. The van der Waals surface area contributed by atoms with Gasteiger partial charge in [-0.3, -0.25) is 0 Å². The van der Waals surface area contributed by atoms with E-state index in [-0.39, 0.29) is 0 Å². The maximum absolute atomic E-state index is 5.78. The largest absolute Gasteiger partial charge is 0.397 e. The minimum Gasteiger partial charge on any atom is -0.397 e. The van der Waals surface area contributed by atoms with Crippen LogP contribution >= 0.6 is 0 Å². The van der Waals surface area contributed by atoms with Crippen molar-refractivity contribution < 1.29 is 0 Å². The summed E-state index contributed by atoms with van der Waals surface area (Å²) in [6.07, 6.45) is 1.74. The van der Waals surface area contributed by atoms with E-state index in [1.807, 2.05) is 42.5 Å². The van der Waals surface area contributed by atoms with Crippen LogP contribution in [0.25, 0.3) is 0 Å². The predicted molar refractivity (Wildman–Crippen MR) is 58.4 cm³/mol. The summed E-state index contributed by atoms with van der Waals surface area (Å²) in [5, 5.41) is 3.14. The standard InChI is InChI=1S/C11H11N3/c12-9-5-1-2-6-10(9)14-11-7-3-4-8-13-11/h1-8H,12H2,(H,13,14)/i12+1,13+1,14+1. The number of rotatable bonds is 2. The fraction of sp³-hybridized carbons (Fsp3) is 0. The van der Waals surface area contributed by atoms with E-state index in [4.69, 9.17) is 5.73 Å². The number of nitrogens with two attached hydrogens (primary N) is 1. The molecule has 14 heavy (non-hydrogen) atoms. The highest BCUT2D eigenvalue weighted by Gasteiger charge is 1.97. The Morgan fingerprint density at radius 3 is 2.50 bits per heavy atom. The van der Waals surface area contributed by atoms with Crippen LogP contribution in [-0.4, -0.2) is 4.98 Å². The summed E-state index contributed by atoms with van der Waals surface area (Å²) in [5.41, 5.74) is 7.38. The van der Waals surface area contributed by atoms with Crippen LogP contribution in [0.4, 0.5) is 17.2 Å².